The van der Waals surface area contributed by atoms with Gasteiger partial charge in [0.1, 0.15) is 5.69 Å². The summed E-state index contributed by atoms with van der Waals surface area (Å²) >= 11 is 5.42. The van der Waals surface area contributed by atoms with Gasteiger partial charge in [-0.25, -0.2) is 0 Å². The minimum atomic E-state index is 0.338. The van der Waals surface area contributed by atoms with Crippen molar-refractivity contribution >= 4 is 17.3 Å². The first kappa shape index (κ1) is 7.21. The van der Waals surface area contributed by atoms with Gasteiger partial charge < -0.3 is 0 Å². The van der Waals surface area contributed by atoms with Gasteiger partial charge in [-0.3, -0.25) is 4.68 Å². The van der Waals surface area contributed by atoms with Crippen LogP contribution in [0.4, 0.5) is 5.69 Å². The quantitative estimate of drug-likeness (QED) is 0.496. The Bertz CT molecular complexity index is 222. The van der Waals surface area contributed by atoms with Gasteiger partial charge in [0.15, 0.2) is 0 Å². The summed E-state index contributed by atoms with van der Waals surface area (Å²) in [5.41, 5.74) is 0.338. The van der Waals surface area contributed by atoms with Crippen molar-refractivity contribution in [3.05, 3.63) is 17.3 Å². The third kappa shape index (κ3) is 1.54. The highest BCUT2D eigenvalue weighted by Gasteiger charge is 1.95. The van der Waals surface area contributed by atoms with Crippen molar-refractivity contribution in [1.82, 2.24) is 9.78 Å². The van der Waals surface area contributed by atoms with Crippen LogP contribution in [0, 0.1) is 4.91 Å². The van der Waals surface area contributed by atoms with E-state index in [2.05, 4.69) is 10.3 Å². The minimum Gasteiger partial charge on any atom is -0.269 e. The normalized spacial score (nSPS) is 9.70. The van der Waals surface area contributed by atoms with E-state index in [0.29, 0.717) is 18.1 Å². The van der Waals surface area contributed by atoms with Crippen molar-refractivity contribution in [3.8, 4) is 0 Å². The number of rotatable bonds is 3. The first-order chi connectivity index (χ1) is 4.86. The van der Waals surface area contributed by atoms with Crippen LogP contribution in [0.5, 0.6) is 0 Å². The molecular formula is C5H6ClN3O. The van der Waals surface area contributed by atoms with Gasteiger partial charge in [0, 0.05) is 5.88 Å². The molecule has 0 spiro atoms. The predicted molar refractivity (Wildman–Crippen MR) is 38.4 cm³/mol. The SMILES string of the molecule is O=Nc1cnn(CCCl)c1. The molecule has 0 atom stereocenters. The summed E-state index contributed by atoms with van der Waals surface area (Å²) in [7, 11) is 0. The molecular weight excluding hydrogens is 154 g/mol. The molecule has 4 nitrogen and oxygen atoms in total. The van der Waals surface area contributed by atoms with E-state index in [4.69, 9.17) is 11.6 Å². The van der Waals surface area contributed by atoms with Crippen LogP contribution < -0.4 is 0 Å². The van der Waals surface area contributed by atoms with Gasteiger partial charge in [-0.2, -0.15) is 5.10 Å². The molecule has 54 valence electrons. The summed E-state index contributed by atoms with van der Waals surface area (Å²) in [6.07, 6.45) is 2.95. The molecule has 0 radical (unpaired) electrons. The number of hydrogen-bond acceptors (Lipinski definition) is 3. The minimum absolute atomic E-state index is 0.338. The molecule has 0 saturated carbocycles. The van der Waals surface area contributed by atoms with Gasteiger partial charge in [0.2, 0.25) is 0 Å². The highest BCUT2D eigenvalue weighted by atomic mass is 35.5. The molecule has 0 bridgehead atoms. The average Bonchev–Trinajstić information content (AvgIpc) is 2.37. The van der Waals surface area contributed by atoms with Gasteiger partial charge in [-0.05, 0) is 5.18 Å². The van der Waals surface area contributed by atoms with Crippen LogP contribution in [0.15, 0.2) is 17.6 Å². The lowest BCUT2D eigenvalue weighted by atomic mass is 10.6. The molecule has 1 rings (SSSR count). The number of hydrogen-bond donors (Lipinski definition) is 0. The fraction of sp³-hybridized carbons (Fsp3) is 0.400. The summed E-state index contributed by atoms with van der Waals surface area (Å²) in [6.45, 7) is 0.608. The second-order valence-corrected chi connectivity index (χ2v) is 2.12. The van der Waals surface area contributed by atoms with E-state index in [0.717, 1.165) is 0 Å². The molecule has 10 heavy (non-hydrogen) atoms. The van der Waals surface area contributed by atoms with Crippen LogP contribution >= 0.6 is 11.6 Å². The van der Waals surface area contributed by atoms with E-state index in [-0.39, 0.29) is 0 Å². The van der Waals surface area contributed by atoms with E-state index in [1.165, 1.54) is 6.20 Å². The fourth-order valence-corrected chi connectivity index (χ4v) is 0.782. The van der Waals surface area contributed by atoms with Crippen LogP contribution in [0.25, 0.3) is 0 Å². The first-order valence-corrected chi connectivity index (χ1v) is 3.32. The molecule has 0 aliphatic carbocycles. The van der Waals surface area contributed by atoms with Crippen LogP contribution in [0.2, 0.25) is 0 Å². The maximum Gasteiger partial charge on any atom is 0.145 e. The molecule has 0 unspecified atom stereocenters. The van der Waals surface area contributed by atoms with Gasteiger partial charge in [0.05, 0.1) is 18.9 Å². The third-order valence-electron chi connectivity index (χ3n) is 1.04. The number of nitrogens with zero attached hydrogens (tertiary/aromatic N) is 3. The highest BCUT2D eigenvalue weighted by molar-refractivity contribution is 6.17. The van der Waals surface area contributed by atoms with Gasteiger partial charge in [-0.15, -0.1) is 16.5 Å². The highest BCUT2D eigenvalue weighted by Crippen LogP contribution is 2.07. The molecule has 0 aliphatic heterocycles. The zero-order valence-corrected chi connectivity index (χ0v) is 5.95. The molecule has 5 heteroatoms. The zero-order valence-electron chi connectivity index (χ0n) is 5.20. The van der Waals surface area contributed by atoms with Gasteiger partial charge in [0.25, 0.3) is 0 Å². The van der Waals surface area contributed by atoms with E-state index < -0.39 is 0 Å². The lowest BCUT2D eigenvalue weighted by molar-refractivity contribution is 0.664. The smallest absolute Gasteiger partial charge is 0.145 e. The molecule has 0 amide bonds. The van der Waals surface area contributed by atoms with E-state index >= 15 is 0 Å². The van der Waals surface area contributed by atoms with Crippen molar-refractivity contribution in [1.29, 1.82) is 0 Å². The van der Waals surface area contributed by atoms with Crippen LogP contribution in [0.1, 0.15) is 0 Å². The van der Waals surface area contributed by atoms with E-state index in [1.54, 1.807) is 10.9 Å². The Labute approximate surface area is 62.8 Å². The lowest BCUT2D eigenvalue weighted by Gasteiger charge is -1.91. The maximum atomic E-state index is 9.89. The van der Waals surface area contributed by atoms with Crippen molar-refractivity contribution in [2.24, 2.45) is 5.18 Å². The standard InChI is InChI=1S/C5H6ClN3O/c6-1-2-9-4-5(8-10)3-7-9/h3-4H,1-2H2. The molecule has 0 aliphatic rings. The Morgan fingerprint density at radius 1 is 1.80 bits per heavy atom. The monoisotopic (exact) mass is 159 g/mol. The molecule has 0 fully saturated rings. The largest absolute Gasteiger partial charge is 0.269 e. The number of nitroso groups, excluding NO2 is 1. The van der Waals surface area contributed by atoms with Crippen LogP contribution in [-0.4, -0.2) is 15.7 Å². The molecule has 1 aromatic rings. The summed E-state index contributed by atoms with van der Waals surface area (Å²) in [4.78, 5) is 9.89. The lowest BCUT2D eigenvalue weighted by Crippen LogP contribution is -1.97. The average molecular weight is 160 g/mol. The molecule has 0 aromatic carbocycles. The Morgan fingerprint density at radius 2 is 2.60 bits per heavy atom. The number of halogens is 1. The fourth-order valence-electron chi connectivity index (χ4n) is 0.609. The number of aryl methyl sites for hydroxylation is 1. The van der Waals surface area contributed by atoms with Crippen molar-refractivity contribution in [3.63, 3.8) is 0 Å². The van der Waals surface area contributed by atoms with Crippen molar-refractivity contribution in [2.45, 2.75) is 6.54 Å². The Kier molecular flexibility index (Phi) is 2.39. The molecule has 1 heterocycles. The summed E-state index contributed by atoms with van der Waals surface area (Å²) in [5.74, 6) is 0.486. The van der Waals surface area contributed by atoms with Crippen LogP contribution in [-0.2, 0) is 6.54 Å². The zero-order chi connectivity index (χ0) is 7.40. The van der Waals surface area contributed by atoms with Crippen molar-refractivity contribution in [2.75, 3.05) is 5.88 Å². The second kappa shape index (κ2) is 3.31. The maximum absolute atomic E-state index is 9.89. The van der Waals surface area contributed by atoms with Crippen molar-refractivity contribution < 1.29 is 0 Å². The number of alkyl halides is 1. The Hall–Kier alpha value is -0.900. The topological polar surface area (TPSA) is 47.2 Å². The summed E-state index contributed by atoms with van der Waals surface area (Å²) < 4.78 is 1.57. The van der Waals surface area contributed by atoms with Gasteiger partial charge >= 0.3 is 0 Å². The third-order valence-corrected chi connectivity index (χ3v) is 1.21. The molecule has 0 saturated heterocycles. The second-order valence-electron chi connectivity index (χ2n) is 1.74. The van der Waals surface area contributed by atoms with E-state index in [1.807, 2.05) is 0 Å². The molecule has 1 aromatic heterocycles. The summed E-state index contributed by atoms with van der Waals surface area (Å²) in [5, 5.41) is 6.51. The Balaban J connectivity index is 2.68. The van der Waals surface area contributed by atoms with Crippen LogP contribution in [0.3, 0.4) is 0 Å². The molecule has 0 N–H and O–H groups in total. The number of aromatic nitrogens is 2. The first-order valence-electron chi connectivity index (χ1n) is 2.78. The van der Waals surface area contributed by atoms with E-state index in [9.17, 15) is 4.91 Å². The van der Waals surface area contributed by atoms with Gasteiger partial charge in [-0.1, -0.05) is 0 Å². The Morgan fingerprint density at radius 3 is 3.10 bits per heavy atom. The summed E-state index contributed by atoms with van der Waals surface area (Å²) in [6, 6.07) is 0. The predicted octanol–water partition coefficient (Wildman–Crippen LogP) is 1.52.